The molecule has 5 nitrogen and oxygen atoms in total. The summed E-state index contributed by atoms with van der Waals surface area (Å²) in [6.45, 7) is 0. The Morgan fingerprint density at radius 2 is 2.27 bits per heavy atom. The lowest BCUT2D eigenvalue weighted by atomic mass is 10.3. The number of hydrogen-bond acceptors (Lipinski definition) is 4. The zero-order chi connectivity index (χ0) is 10.4. The molecule has 74 valence electrons. The van der Waals surface area contributed by atoms with Crippen LogP contribution in [0.2, 0.25) is 0 Å². The quantitative estimate of drug-likeness (QED) is 0.690. The Balaban J connectivity index is 2.60. The van der Waals surface area contributed by atoms with Crippen molar-refractivity contribution in [1.29, 1.82) is 0 Å². The van der Waals surface area contributed by atoms with E-state index in [2.05, 4.69) is 15.3 Å². The van der Waals surface area contributed by atoms with Gasteiger partial charge in [0.2, 0.25) is 0 Å². The molecule has 0 saturated carbocycles. The highest BCUT2D eigenvalue weighted by Gasteiger charge is 2.13. The van der Waals surface area contributed by atoms with Crippen LogP contribution in [0.1, 0.15) is 0 Å². The van der Waals surface area contributed by atoms with Crippen molar-refractivity contribution in [1.82, 2.24) is 9.55 Å². The largest absolute Gasteiger partial charge is 0.335 e. The van der Waals surface area contributed by atoms with Crippen molar-refractivity contribution in [2.24, 2.45) is 12.0 Å². The van der Waals surface area contributed by atoms with E-state index in [1.807, 2.05) is 17.8 Å². The summed E-state index contributed by atoms with van der Waals surface area (Å²) in [7, 11) is 1.92. The summed E-state index contributed by atoms with van der Waals surface area (Å²) in [6, 6.07) is 3.22. The van der Waals surface area contributed by atoms with Crippen LogP contribution in [0, 0.1) is 0 Å². The predicted octanol–water partition coefficient (Wildman–Crippen LogP) is 1.02. The fourth-order valence-electron chi connectivity index (χ4n) is 1.79. The van der Waals surface area contributed by atoms with E-state index in [4.69, 9.17) is 0 Å². The van der Waals surface area contributed by atoms with Crippen molar-refractivity contribution in [2.45, 2.75) is 0 Å². The lowest BCUT2D eigenvalue weighted by molar-refractivity contribution is 0.930. The highest BCUT2D eigenvalue weighted by atomic mass is 16.1. The Labute approximate surface area is 85.1 Å². The monoisotopic (exact) mass is 200 g/mol. The molecule has 0 spiro atoms. The lowest BCUT2D eigenvalue weighted by Gasteiger charge is -2.05. The third-order valence-corrected chi connectivity index (χ3v) is 2.43. The molecule has 0 bridgehead atoms. The lowest BCUT2D eigenvalue weighted by Crippen LogP contribution is -2.07. The van der Waals surface area contributed by atoms with Crippen LogP contribution in [-0.2, 0) is 7.05 Å². The van der Waals surface area contributed by atoms with Crippen molar-refractivity contribution in [3.63, 3.8) is 0 Å². The second kappa shape index (κ2) is 2.66. The van der Waals surface area contributed by atoms with Crippen LogP contribution in [0.25, 0.3) is 10.8 Å². The van der Waals surface area contributed by atoms with E-state index >= 15 is 0 Å². The van der Waals surface area contributed by atoms with Crippen molar-refractivity contribution in [2.75, 3.05) is 5.32 Å². The summed E-state index contributed by atoms with van der Waals surface area (Å²) < 4.78 is 1.91. The molecular weight excluding hydrogens is 192 g/mol. The molecule has 1 N–H and O–H groups in total. The third-order valence-electron chi connectivity index (χ3n) is 2.43. The molecule has 0 atom stereocenters. The molecule has 1 aliphatic rings. The van der Waals surface area contributed by atoms with E-state index in [9.17, 15) is 4.79 Å². The third kappa shape index (κ3) is 1.06. The Kier molecular flexibility index (Phi) is 1.45. The van der Waals surface area contributed by atoms with E-state index in [1.165, 1.54) is 6.07 Å². The molecule has 1 aliphatic heterocycles. The van der Waals surface area contributed by atoms with E-state index in [1.54, 1.807) is 12.4 Å². The summed E-state index contributed by atoms with van der Waals surface area (Å²) in [4.78, 5) is 19.4. The standard InChI is InChI=1S/C10H8N4O/c1-14-4-6-2-3-7(15)13-9-8(6)10(14)12-5-11-9/h2-5H,1H3,(H,11,12,13,15). The second-order valence-electron chi connectivity index (χ2n) is 3.43. The molecule has 0 amide bonds. The van der Waals surface area contributed by atoms with Gasteiger partial charge in [-0.1, -0.05) is 0 Å². The number of aromatic nitrogens is 2. The number of nitrogens with zero attached hydrogens (tertiary/aromatic N) is 3. The van der Waals surface area contributed by atoms with Crippen LogP contribution in [-0.4, -0.2) is 15.9 Å². The summed E-state index contributed by atoms with van der Waals surface area (Å²) >= 11 is 0. The molecule has 0 unspecified atom stereocenters. The molecule has 3 rings (SSSR count). The average molecular weight is 200 g/mol. The maximum atomic E-state index is 11.3. The van der Waals surface area contributed by atoms with Gasteiger partial charge in [-0.15, -0.1) is 0 Å². The van der Waals surface area contributed by atoms with Crippen LogP contribution in [0.3, 0.4) is 0 Å². The van der Waals surface area contributed by atoms with E-state index in [-0.39, 0.29) is 5.56 Å². The molecule has 15 heavy (non-hydrogen) atoms. The molecule has 3 heterocycles. The fourth-order valence-corrected chi connectivity index (χ4v) is 1.79. The molecule has 2 aromatic rings. The molecule has 0 radical (unpaired) electrons. The van der Waals surface area contributed by atoms with Gasteiger partial charge in [0.15, 0.2) is 0 Å². The van der Waals surface area contributed by atoms with E-state index in [0.29, 0.717) is 5.82 Å². The van der Waals surface area contributed by atoms with Gasteiger partial charge in [0.1, 0.15) is 11.6 Å². The van der Waals surface area contributed by atoms with Crippen LogP contribution < -0.4 is 10.9 Å². The molecule has 0 aliphatic carbocycles. The summed E-state index contributed by atoms with van der Waals surface area (Å²) in [5, 5.41) is 4.74. The number of aryl methyl sites for hydroxylation is 1. The van der Waals surface area contributed by atoms with Gasteiger partial charge in [0.05, 0.1) is 11.7 Å². The van der Waals surface area contributed by atoms with Crippen molar-refractivity contribution in [3.8, 4) is 0 Å². The first-order chi connectivity index (χ1) is 7.25. The fraction of sp³-hybridized carbons (Fsp3) is 0.100. The number of aliphatic imine (C=N–C) groups is 1. The SMILES string of the molecule is Cn1cc2ccc(=O)nc3c2c1N=CN3. The van der Waals surface area contributed by atoms with Gasteiger partial charge in [0, 0.05) is 24.7 Å². The van der Waals surface area contributed by atoms with Crippen LogP contribution in [0.4, 0.5) is 11.6 Å². The Morgan fingerprint density at radius 3 is 3.13 bits per heavy atom. The minimum absolute atomic E-state index is 0.252. The molecule has 5 heteroatoms. The maximum Gasteiger partial charge on any atom is 0.271 e. The van der Waals surface area contributed by atoms with E-state index < -0.39 is 0 Å². The highest BCUT2D eigenvalue weighted by Crippen LogP contribution is 2.32. The number of anilines is 1. The number of nitrogens with one attached hydrogen (secondary N) is 1. The predicted molar refractivity (Wildman–Crippen MR) is 58.8 cm³/mol. The van der Waals surface area contributed by atoms with Gasteiger partial charge in [0.25, 0.3) is 5.56 Å². The normalized spacial score (nSPS) is 12.9. The van der Waals surface area contributed by atoms with Gasteiger partial charge in [-0.2, -0.15) is 4.98 Å². The van der Waals surface area contributed by atoms with Gasteiger partial charge in [-0.05, 0) is 6.07 Å². The van der Waals surface area contributed by atoms with Crippen molar-refractivity contribution in [3.05, 3.63) is 28.7 Å². The Morgan fingerprint density at radius 1 is 1.40 bits per heavy atom. The Bertz CT molecular complexity index is 642. The van der Waals surface area contributed by atoms with E-state index in [0.717, 1.165) is 16.6 Å². The van der Waals surface area contributed by atoms with Crippen LogP contribution in [0.15, 0.2) is 28.1 Å². The highest BCUT2D eigenvalue weighted by molar-refractivity contribution is 6.06. The number of hydrogen-bond donors (Lipinski definition) is 1. The van der Waals surface area contributed by atoms with Crippen molar-refractivity contribution < 1.29 is 0 Å². The first kappa shape index (κ1) is 8.16. The van der Waals surface area contributed by atoms with Crippen LogP contribution in [0.5, 0.6) is 0 Å². The first-order valence-electron chi connectivity index (χ1n) is 4.55. The topological polar surface area (TPSA) is 59.3 Å². The first-order valence-corrected chi connectivity index (χ1v) is 4.55. The summed E-state index contributed by atoms with van der Waals surface area (Å²) in [6.07, 6.45) is 3.48. The smallest absolute Gasteiger partial charge is 0.271 e. The Hall–Kier alpha value is -2.17. The minimum atomic E-state index is -0.252. The summed E-state index contributed by atoms with van der Waals surface area (Å²) in [5.74, 6) is 1.40. The zero-order valence-corrected chi connectivity index (χ0v) is 8.06. The maximum absolute atomic E-state index is 11.3. The minimum Gasteiger partial charge on any atom is -0.335 e. The summed E-state index contributed by atoms with van der Waals surface area (Å²) in [5.41, 5.74) is -0.252. The molecule has 0 saturated heterocycles. The van der Waals surface area contributed by atoms with Gasteiger partial charge < -0.3 is 9.88 Å². The molecule has 0 fully saturated rings. The average Bonchev–Trinajstić information content (AvgIpc) is 2.45. The van der Waals surface area contributed by atoms with Crippen LogP contribution >= 0.6 is 0 Å². The second-order valence-corrected chi connectivity index (χ2v) is 3.43. The van der Waals surface area contributed by atoms with Gasteiger partial charge in [-0.3, -0.25) is 4.79 Å². The molecule has 2 aromatic heterocycles. The number of rotatable bonds is 0. The van der Waals surface area contributed by atoms with Gasteiger partial charge >= 0.3 is 0 Å². The zero-order valence-electron chi connectivity index (χ0n) is 8.06. The molecular formula is C10H8N4O. The molecule has 0 aromatic carbocycles. The van der Waals surface area contributed by atoms with Gasteiger partial charge in [-0.25, -0.2) is 4.99 Å². The van der Waals surface area contributed by atoms with Crippen molar-refractivity contribution >= 4 is 28.7 Å².